The lowest BCUT2D eigenvalue weighted by atomic mass is 9.94. The number of hydrogen-bond donors (Lipinski definition) is 1. The van der Waals surface area contributed by atoms with E-state index in [2.05, 4.69) is 20.7 Å². The van der Waals surface area contributed by atoms with Gasteiger partial charge < -0.3 is 0 Å². The van der Waals surface area contributed by atoms with Gasteiger partial charge in [-0.25, -0.2) is 13.1 Å². The molecule has 0 saturated heterocycles. The minimum absolute atomic E-state index is 0.0104. The molecule has 0 aromatic carbocycles. The van der Waals surface area contributed by atoms with E-state index >= 15 is 0 Å². The molecule has 0 amide bonds. The maximum absolute atomic E-state index is 10.8. The topological polar surface area (TPSA) is 46.2 Å². The second-order valence-electron chi connectivity index (χ2n) is 2.47. The van der Waals surface area contributed by atoms with Crippen LogP contribution in [-0.2, 0) is 10.0 Å². The minimum atomic E-state index is -3.01. The van der Waals surface area contributed by atoms with Crippen molar-refractivity contribution in [3.8, 4) is 0 Å². The molecular weight excluding hydrogens is 218 g/mol. The third-order valence-corrected chi connectivity index (χ3v) is 4.38. The van der Waals surface area contributed by atoms with Crippen LogP contribution in [0.5, 0.6) is 0 Å². The summed E-state index contributed by atoms with van der Waals surface area (Å²) in [5.41, 5.74) is 0. The van der Waals surface area contributed by atoms with Gasteiger partial charge in [0.2, 0.25) is 10.0 Å². The van der Waals surface area contributed by atoms with Crippen molar-refractivity contribution >= 4 is 26.0 Å². The molecule has 0 aliphatic heterocycles. The Hall–Kier alpha value is 0.390. The lowest BCUT2D eigenvalue weighted by molar-refractivity contribution is 0.384. The summed E-state index contributed by atoms with van der Waals surface area (Å²) in [4.78, 5) is 0. The summed E-state index contributed by atoms with van der Waals surface area (Å²) in [6.07, 6.45) is 3.13. The van der Waals surface area contributed by atoms with Crippen LogP contribution in [-0.4, -0.2) is 19.1 Å². The molecule has 0 spiro atoms. The molecule has 1 aliphatic carbocycles. The van der Waals surface area contributed by atoms with Gasteiger partial charge in [0.25, 0.3) is 0 Å². The maximum Gasteiger partial charge on any atom is 0.221 e. The molecule has 0 unspecified atom stereocenters. The Kier molecular flexibility index (Phi) is 2.71. The highest BCUT2D eigenvalue weighted by molar-refractivity contribution is 9.10. The third-order valence-electron chi connectivity index (χ3n) is 1.60. The fraction of sp³-hybridized carbons (Fsp3) is 1.00. The SMILES string of the molecule is O=S(=O)(CBr)NC1CCC1. The molecule has 60 valence electrons. The second-order valence-corrected chi connectivity index (χ2v) is 5.53. The molecule has 0 aromatic rings. The van der Waals surface area contributed by atoms with Gasteiger partial charge in [0.05, 0.1) is 0 Å². The van der Waals surface area contributed by atoms with Gasteiger partial charge in [-0.05, 0) is 12.8 Å². The molecule has 3 nitrogen and oxygen atoms in total. The first-order valence-corrected chi connectivity index (χ1v) is 5.97. The lowest BCUT2D eigenvalue weighted by Crippen LogP contribution is -2.39. The van der Waals surface area contributed by atoms with Crippen LogP contribution in [0.2, 0.25) is 0 Å². The predicted molar refractivity (Wildman–Crippen MR) is 43.5 cm³/mol. The van der Waals surface area contributed by atoms with Crippen LogP contribution >= 0.6 is 15.9 Å². The normalized spacial score (nSPS) is 20.5. The van der Waals surface area contributed by atoms with Crippen LogP contribution < -0.4 is 4.72 Å². The van der Waals surface area contributed by atoms with E-state index in [-0.39, 0.29) is 10.7 Å². The largest absolute Gasteiger partial charge is 0.221 e. The molecule has 1 fully saturated rings. The summed E-state index contributed by atoms with van der Waals surface area (Å²) in [5.74, 6) is 0. The third kappa shape index (κ3) is 2.21. The summed E-state index contributed by atoms with van der Waals surface area (Å²) in [6, 6.07) is 0.211. The number of halogens is 1. The Balaban J connectivity index is 2.36. The molecule has 0 radical (unpaired) electrons. The number of alkyl halides is 1. The Labute approximate surface area is 69.4 Å². The van der Waals surface area contributed by atoms with Crippen molar-refractivity contribution in [2.45, 2.75) is 25.3 Å². The van der Waals surface area contributed by atoms with Gasteiger partial charge >= 0.3 is 0 Å². The first kappa shape index (κ1) is 8.49. The molecule has 10 heavy (non-hydrogen) atoms. The molecule has 1 N–H and O–H groups in total. The predicted octanol–water partition coefficient (Wildman–Crippen LogP) is 0.811. The van der Waals surface area contributed by atoms with Crippen LogP contribution in [0.15, 0.2) is 0 Å². The van der Waals surface area contributed by atoms with Gasteiger partial charge in [-0.1, -0.05) is 22.4 Å². The van der Waals surface area contributed by atoms with Gasteiger partial charge in [0.15, 0.2) is 0 Å². The highest BCUT2D eigenvalue weighted by atomic mass is 79.9. The van der Waals surface area contributed by atoms with E-state index in [4.69, 9.17) is 0 Å². The van der Waals surface area contributed by atoms with Gasteiger partial charge in [-0.2, -0.15) is 0 Å². The quantitative estimate of drug-likeness (QED) is 0.726. The first-order valence-electron chi connectivity index (χ1n) is 3.20. The standard InChI is InChI=1S/C5H10BrNO2S/c6-4-10(8,9)7-5-2-1-3-5/h5,7H,1-4H2. The Morgan fingerprint density at radius 1 is 1.50 bits per heavy atom. The highest BCUT2D eigenvalue weighted by Crippen LogP contribution is 2.18. The second kappa shape index (κ2) is 3.19. The van der Waals surface area contributed by atoms with E-state index in [1.54, 1.807) is 0 Å². The molecule has 1 rings (SSSR count). The molecular formula is C5H10BrNO2S. The van der Waals surface area contributed by atoms with Gasteiger partial charge in [0, 0.05) is 6.04 Å². The summed E-state index contributed by atoms with van der Waals surface area (Å²) in [5, 5.41) is 0. The molecule has 0 atom stereocenters. The van der Waals surface area contributed by atoms with Crippen molar-refractivity contribution < 1.29 is 8.42 Å². The highest BCUT2D eigenvalue weighted by Gasteiger charge is 2.21. The Bertz CT molecular complexity index is 198. The smallest absolute Gasteiger partial charge is 0.212 e. The van der Waals surface area contributed by atoms with Crippen molar-refractivity contribution in [1.82, 2.24) is 4.72 Å². The number of nitrogens with one attached hydrogen (secondary N) is 1. The summed E-state index contributed by atoms with van der Waals surface area (Å²) in [6.45, 7) is 0. The molecule has 1 saturated carbocycles. The summed E-state index contributed by atoms with van der Waals surface area (Å²) in [7, 11) is -3.01. The van der Waals surface area contributed by atoms with Gasteiger partial charge in [0.1, 0.15) is 4.66 Å². The summed E-state index contributed by atoms with van der Waals surface area (Å²) >= 11 is 2.90. The fourth-order valence-corrected chi connectivity index (χ4v) is 2.01. The van der Waals surface area contributed by atoms with Crippen molar-refractivity contribution in [3.05, 3.63) is 0 Å². The van der Waals surface area contributed by atoms with E-state index in [1.807, 2.05) is 0 Å². The molecule has 1 aliphatic rings. The molecule has 0 aromatic heterocycles. The average Bonchev–Trinajstić information content (AvgIpc) is 1.80. The van der Waals surface area contributed by atoms with Crippen molar-refractivity contribution in [1.29, 1.82) is 0 Å². The minimum Gasteiger partial charge on any atom is -0.212 e. The van der Waals surface area contributed by atoms with Crippen LogP contribution in [0, 0.1) is 0 Å². The zero-order chi connectivity index (χ0) is 7.61. The van der Waals surface area contributed by atoms with E-state index < -0.39 is 10.0 Å². The van der Waals surface area contributed by atoms with E-state index in [0.29, 0.717) is 0 Å². The summed E-state index contributed by atoms with van der Waals surface area (Å²) < 4.78 is 24.3. The number of sulfonamides is 1. The Morgan fingerprint density at radius 2 is 2.10 bits per heavy atom. The zero-order valence-electron chi connectivity index (χ0n) is 5.51. The van der Waals surface area contributed by atoms with Crippen LogP contribution in [0.25, 0.3) is 0 Å². The van der Waals surface area contributed by atoms with Crippen LogP contribution in [0.4, 0.5) is 0 Å². The monoisotopic (exact) mass is 227 g/mol. The van der Waals surface area contributed by atoms with Crippen LogP contribution in [0.1, 0.15) is 19.3 Å². The molecule has 5 heteroatoms. The average molecular weight is 228 g/mol. The lowest BCUT2D eigenvalue weighted by Gasteiger charge is -2.25. The number of rotatable bonds is 3. The van der Waals surface area contributed by atoms with Gasteiger partial charge in [-0.15, -0.1) is 0 Å². The van der Waals surface area contributed by atoms with Crippen molar-refractivity contribution in [3.63, 3.8) is 0 Å². The number of hydrogen-bond acceptors (Lipinski definition) is 2. The van der Waals surface area contributed by atoms with Crippen molar-refractivity contribution in [2.75, 3.05) is 4.66 Å². The zero-order valence-corrected chi connectivity index (χ0v) is 7.91. The van der Waals surface area contributed by atoms with E-state index in [1.165, 1.54) is 0 Å². The van der Waals surface area contributed by atoms with Gasteiger partial charge in [-0.3, -0.25) is 0 Å². The first-order chi connectivity index (χ1) is 4.64. The van der Waals surface area contributed by atoms with Crippen LogP contribution in [0.3, 0.4) is 0 Å². The molecule has 0 bridgehead atoms. The van der Waals surface area contributed by atoms with E-state index in [0.717, 1.165) is 19.3 Å². The maximum atomic E-state index is 10.8. The van der Waals surface area contributed by atoms with E-state index in [9.17, 15) is 8.42 Å². The van der Waals surface area contributed by atoms with Crippen molar-refractivity contribution in [2.24, 2.45) is 0 Å². The Morgan fingerprint density at radius 3 is 2.40 bits per heavy atom. The fourth-order valence-electron chi connectivity index (χ4n) is 0.812. The molecule has 0 heterocycles.